The maximum Gasteiger partial charge on any atom is 0.183 e. The molecule has 0 aliphatic carbocycles. The molecule has 19 heavy (non-hydrogen) atoms. The van der Waals surface area contributed by atoms with E-state index < -0.39 is 0 Å². The summed E-state index contributed by atoms with van der Waals surface area (Å²) in [6, 6.07) is 16.0. The minimum atomic E-state index is -0.346. The molecule has 2 aromatic rings. The Kier molecular flexibility index (Phi) is 4.73. The number of nitrogens with one attached hydrogen (secondary N) is 1. The summed E-state index contributed by atoms with van der Waals surface area (Å²) >= 11 is 0. The quantitative estimate of drug-likeness (QED) is 0.669. The molecule has 3 nitrogen and oxygen atoms in total. The van der Waals surface area contributed by atoms with Crippen LogP contribution in [0.4, 0.5) is 11.4 Å². The number of methoxy groups -OCH3 is 2. The average molecular weight is 270 g/mol. The summed E-state index contributed by atoms with van der Waals surface area (Å²) in [6.45, 7) is 0. The zero-order valence-corrected chi connectivity index (χ0v) is 12.0. The Balaban J connectivity index is 2.20. The fourth-order valence-electron chi connectivity index (χ4n) is 1.86. The fraction of sp³-hybridized carbons (Fsp3) is 0.200. The van der Waals surface area contributed by atoms with E-state index in [4.69, 9.17) is 9.47 Å². The summed E-state index contributed by atoms with van der Waals surface area (Å²) in [6.07, 6.45) is -0.346. The van der Waals surface area contributed by atoms with Gasteiger partial charge in [0.05, 0.1) is 10.2 Å². The molecule has 4 heteroatoms. The van der Waals surface area contributed by atoms with E-state index in [1.165, 1.54) is 0 Å². The standard InChI is InChI=1S/C15H16NO2Si/c1-17-15(18-2)11-8-9-13(14(19)10-11)16-12-6-4-3-5-7-12/h3-10,15-16H,1-2H3. The lowest BCUT2D eigenvalue weighted by Crippen LogP contribution is -2.13. The van der Waals surface area contributed by atoms with Crippen molar-refractivity contribution in [2.75, 3.05) is 19.5 Å². The van der Waals surface area contributed by atoms with Gasteiger partial charge in [-0.1, -0.05) is 30.3 Å². The Bertz CT molecular complexity index is 527. The third-order valence-corrected chi connectivity index (χ3v) is 3.21. The zero-order valence-electron chi connectivity index (χ0n) is 11.0. The minimum absolute atomic E-state index is 0.346. The maximum atomic E-state index is 5.23. The van der Waals surface area contributed by atoms with Crippen LogP contribution in [0.5, 0.6) is 0 Å². The van der Waals surface area contributed by atoms with Crippen molar-refractivity contribution in [2.45, 2.75) is 6.29 Å². The van der Waals surface area contributed by atoms with Gasteiger partial charge in [-0.25, -0.2) is 0 Å². The number of ether oxygens (including phenoxy) is 2. The van der Waals surface area contributed by atoms with Gasteiger partial charge in [0, 0.05) is 31.2 Å². The van der Waals surface area contributed by atoms with E-state index in [9.17, 15) is 0 Å². The first-order chi connectivity index (χ1) is 9.24. The SMILES string of the molecule is COC(OC)c1ccc(Nc2ccccc2)c([Si])c1. The summed E-state index contributed by atoms with van der Waals surface area (Å²) in [7, 11) is 6.86. The normalized spacial score (nSPS) is 10.7. The summed E-state index contributed by atoms with van der Waals surface area (Å²) < 4.78 is 10.5. The van der Waals surface area contributed by atoms with Gasteiger partial charge in [0.1, 0.15) is 0 Å². The van der Waals surface area contributed by atoms with Crippen LogP contribution < -0.4 is 10.5 Å². The van der Waals surface area contributed by atoms with E-state index >= 15 is 0 Å². The second-order valence-corrected chi connectivity index (χ2v) is 4.64. The van der Waals surface area contributed by atoms with Crippen LogP contribution in [0.15, 0.2) is 48.5 Å². The molecule has 1 N–H and O–H groups in total. The van der Waals surface area contributed by atoms with Crippen molar-refractivity contribution in [3.8, 4) is 0 Å². The molecule has 0 heterocycles. The third-order valence-electron chi connectivity index (χ3n) is 2.80. The highest BCUT2D eigenvalue weighted by Crippen LogP contribution is 2.20. The van der Waals surface area contributed by atoms with Crippen LogP contribution in [0, 0.1) is 0 Å². The molecule has 0 atom stereocenters. The van der Waals surface area contributed by atoms with Crippen molar-refractivity contribution >= 4 is 26.8 Å². The third kappa shape index (κ3) is 3.44. The molecular formula is C15H16NO2Si. The molecular weight excluding hydrogens is 254 g/mol. The molecule has 0 spiro atoms. The Hall–Kier alpha value is -1.62. The second kappa shape index (κ2) is 6.52. The van der Waals surface area contributed by atoms with Crippen LogP contribution in [-0.4, -0.2) is 24.5 Å². The lowest BCUT2D eigenvalue weighted by atomic mass is 10.2. The number of para-hydroxylation sites is 1. The predicted molar refractivity (Wildman–Crippen MR) is 78.3 cm³/mol. The van der Waals surface area contributed by atoms with Crippen molar-refractivity contribution in [3.05, 3.63) is 54.1 Å². The fourth-order valence-corrected chi connectivity index (χ4v) is 2.18. The number of hydrogen-bond donors (Lipinski definition) is 1. The summed E-state index contributed by atoms with van der Waals surface area (Å²) in [4.78, 5) is 0. The molecule has 0 aliphatic heterocycles. The molecule has 2 rings (SSSR count). The average Bonchev–Trinajstić information content (AvgIpc) is 2.44. The van der Waals surface area contributed by atoms with Gasteiger partial charge in [0.25, 0.3) is 0 Å². The molecule has 0 unspecified atom stereocenters. The number of hydrogen-bond acceptors (Lipinski definition) is 3. The number of rotatable bonds is 5. The van der Waals surface area contributed by atoms with Crippen LogP contribution in [0.3, 0.4) is 0 Å². The first kappa shape index (κ1) is 13.8. The lowest BCUT2D eigenvalue weighted by molar-refractivity contribution is -0.105. The molecule has 0 amide bonds. The van der Waals surface area contributed by atoms with Gasteiger partial charge >= 0.3 is 0 Å². The van der Waals surface area contributed by atoms with Crippen LogP contribution in [0.1, 0.15) is 11.9 Å². The van der Waals surface area contributed by atoms with Gasteiger partial charge < -0.3 is 14.8 Å². The van der Waals surface area contributed by atoms with E-state index in [1.54, 1.807) is 14.2 Å². The highest BCUT2D eigenvalue weighted by Gasteiger charge is 2.10. The Morgan fingerprint density at radius 2 is 1.68 bits per heavy atom. The van der Waals surface area contributed by atoms with Gasteiger partial charge in [0.2, 0.25) is 0 Å². The molecule has 0 fully saturated rings. The van der Waals surface area contributed by atoms with Crippen molar-refractivity contribution in [1.82, 2.24) is 0 Å². The van der Waals surface area contributed by atoms with Crippen molar-refractivity contribution in [1.29, 1.82) is 0 Å². The number of anilines is 2. The molecule has 0 aliphatic rings. The molecule has 0 saturated carbocycles. The molecule has 0 saturated heterocycles. The smallest absolute Gasteiger partial charge is 0.183 e. The van der Waals surface area contributed by atoms with Crippen LogP contribution >= 0.6 is 0 Å². The number of benzene rings is 2. The summed E-state index contributed by atoms with van der Waals surface area (Å²) in [5.74, 6) is 0. The van der Waals surface area contributed by atoms with Crippen LogP contribution in [0.2, 0.25) is 0 Å². The van der Waals surface area contributed by atoms with E-state index in [-0.39, 0.29) is 6.29 Å². The van der Waals surface area contributed by atoms with Crippen LogP contribution in [0.25, 0.3) is 0 Å². The zero-order chi connectivity index (χ0) is 13.7. The van der Waals surface area contributed by atoms with Gasteiger partial charge in [-0.15, -0.1) is 0 Å². The second-order valence-electron chi connectivity index (χ2n) is 4.10. The highest BCUT2D eigenvalue weighted by molar-refractivity contribution is 6.36. The molecule has 0 bridgehead atoms. The Morgan fingerprint density at radius 1 is 1.00 bits per heavy atom. The summed E-state index contributed by atoms with van der Waals surface area (Å²) in [5, 5.41) is 4.30. The van der Waals surface area contributed by atoms with Gasteiger partial charge in [-0.2, -0.15) is 0 Å². The molecule has 97 valence electrons. The molecule has 0 aromatic heterocycles. The molecule has 2 aromatic carbocycles. The summed E-state index contributed by atoms with van der Waals surface area (Å²) in [5.41, 5.74) is 3.01. The highest BCUT2D eigenvalue weighted by atomic mass is 28.1. The van der Waals surface area contributed by atoms with E-state index in [0.717, 1.165) is 22.1 Å². The van der Waals surface area contributed by atoms with Crippen molar-refractivity contribution < 1.29 is 9.47 Å². The minimum Gasteiger partial charge on any atom is -0.356 e. The Morgan fingerprint density at radius 3 is 2.26 bits per heavy atom. The van der Waals surface area contributed by atoms with Gasteiger partial charge in [-0.3, -0.25) is 0 Å². The first-order valence-corrected chi connectivity index (χ1v) is 6.48. The molecule has 3 radical (unpaired) electrons. The van der Waals surface area contributed by atoms with Crippen LogP contribution in [-0.2, 0) is 9.47 Å². The largest absolute Gasteiger partial charge is 0.356 e. The van der Waals surface area contributed by atoms with Gasteiger partial charge in [0.15, 0.2) is 6.29 Å². The van der Waals surface area contributed by atoms with Gasteiger partial charge in [-0.05, 0) is 23.4 Å². The first-order valence-electron chi connectivity index (χ1n) is 5.98. The van der Waals surface area contributed by atoms with E-state index in [0.29, 0.717) is 0 Å². The topological polar surface area (TPSA) is 30.5 Å². The Labute approximate surface area is 117 Å². The van der Waals surface area contributed by atoms with Crippen molar-refractivity contribution in [2.24, 2.45) is 0 Å². The maximum absolute atomic E-state index is 5.23. The van der Waals surface area contributed by atoms with E-state index in [2.05, 4.69) is 15.6 Å². The van der Waals surface area contributed by atoms with Crippen molar-refractivity contribution in [3.63, 3.8) is 0 Å². The monoisotopic (exact) mass is 270 g/mol. The van der Waals surface area contributed by atoms with E-state index in [1.807, 2.05) is 48.5 Å². The predicted octanol–water partition coefficient (Wildman–Crippen LogP) is 2.52. The lowest BCUT2D eigenvalue weighted by Gasteiger charge is -2.16.